The summed E-state index contributed by atoms with van der Waals surface area (Å²) in [7, 11) is 0. The summed E-state index contributed by atoms with van der Waals surface area (Å²) in [4.78, 5) is 26.1. The van der Waals surface area contributed by atoms with Crippen molar-refractivity contribution >= 4 is 23.4 Å². The molecule has 1 aromatic heterocycles. The summed E-state index contributed by atoms with van der Waals surface area (Å²) in [6.07, 6.45) is 6.53. The Balaban J connectivity index is 1.52. The number of hydrogen-bond donors (Lipinski definition) is 0. The molecule has 0 amide bonds. The number of aromatic nitrogens is 2. The number of nitro groups is 1. The van der Waals surface area contributed by atoms with Crippen molar-refractivity contribution in [1.82, 2.24) is 9.78 Å². The molecule has 176 valence electrons. The largest absolute Gasteiger partial charge is 0.406 e. The summed E-state index contributed by atoms with van der Waals surface area (Å²) >= 11 is 1.25. The van der Waals surface area contributed by atoms with Gasteiger partial charge in [0.2, 0.25) is 5.88 Å². The van der Waals surface area contributed by atoms with Gasteiger partial charge < -0.3 is 4.74 Å². The van der Waals surface area contributed by atoms with Crippen molar-refractivity contribution in [3.63, 3.8) is 0 Å². The highest BCUT2D eigenvalue weighted by atomic mass is 32.2. The number of rotatable bonds is 5. The summed E-state index contributed by atoms with van der Waals surface area (Å²) in [5.41, 5.74) is -0.0790. The van der Waals surface area contributed by atoms with E-state index in [1.165, 1.54) is 37.1 Å². The van der Waals surface area contributed by atoms with Gasteiger partial charge in [-0.1, -0.05) is 23.9 Å². The molecule has 1 aromatic carbocycles. The van der Waals surface area contributed by atoms with Gasteiger partial charge in [-0.2, -0.15) is 5.10 Å². The van der Waals surface area contributed by atoms with Crippen LogP contribution in [0.25, 0.3) is 0 Å². The first-order valence-corrected chi connectivity index (χ1v) is 12.6. The van der Waals surface area contributed by atoms with E-state index in [-0.39, 0.29) is 16.6 Å². The second kappa shape index (κ2) is 7.86. The number of esters is 1. The number of para-hydroxylation sites is 1. The van der Waals surface area contributed by atoms with Gasteiger partial charge in [-0.15, -0.1) is 0 Å². The molecule has 4 aliphatic carbocycles. The van der Waals surface area contributed by atoms with Crippen molar-refractivity contribution < 1.29 is 14.5 Å². The van der Waals surface area contributed by atoms with Crippen LogP contribution in [0, 0.1) is 40.2 Å². The number of nitrogens with zero attached hydrogens (tertiary/aromatic N) is 3. The zero-order valence-electron chi connectivity index (χ0n) is 19.7. The molecule has 0 unspecified atom stereocenters. The number of hydrogen-bond acceptors (Lipinski definition) is 6. The van der Waals surface area contributed by atoms with E-state index >= 15 is 0 Å². The molecule has 2 aromatic rings. The molecule has 0 atom stereocenters. The van der Waals surface area contributed by atoms with Gasteiger partial charge >= 0.3 is 5.97 Å². The summed E-state index contributed by atoms with van der Waals surface area (Å²) in [6, 6.07) is 6.65. The predicted molar refractivity (Wildman–Crippen MR) is 125 cm³/mol. The van der Waals surface area contributed by atoms with E-state index in [1.807, 2.05) is 27.7 Å². The lowest BCUT2D eigenvalue weighted by molar-refractivity contribution is -0.387. The average Bonchev–Trinajstić information content (AvgIpc) is 3.03. The quantitative estimate of drug-likeness (QED) is 0.297. The Hall–Kier alpha value is -2.35. The molecule has 4 fully saturated rings. The van der Waals surface area contributed by atoms with E-state index in [1.54, 1.807) is 22.9 Å². The molecule has 0 spiro atoms. The van der Waals surface area contributed by atoms with E-state index in [0.29, 0.717) is 39.1 Å². The number of benzene rings is 1. The molecule has 0 aliphatic heterocycles. The van der Waals surface area contributed by atoms with Crippen molar-refractivity contribution in [1.29, 1.82) is 0 Å². The maximum absolute atomic E-state index is 13.8. The molecule has 4 saturated carbocycles. The molecule has 6 rings (SSSR count). The molecule has 33 heavy (non-hydrogen) atoms. The Labute approximate surface area is 198 Å². The summed E-state index contributed by atoms with van der Waals surface area (Å²) in [5, 5.41) is 16.3. The zero-order valence-corrected chi connectivity index (χ0v) is 20.5. The third kappa shape index (κ3) is 3.96. The summed E-state index contributed by atoms with van der Waals surface area (Å²) in [6.45, 7) is 7.91. The second-order valence-corrected chi connectivity index (χ2v) is 12.3. The van der Waals surface area contributed by atoms with Crippen LogP contribution in [0.5, 0.6) is 5.88 Å². The van der Waals surface area contributed by atoms with E-state index in [4.69, 9.17) is 9.84 Å². The standard InChI is InChI=1S/C25H31N3O4S/c1-15-21(33-20-8-6-5-7-19(20)28(30)31)22(27(26-15)24(2,3)4)32-23(29)25-12-16-9-17(13-25)11-18(10-16)14-25/h5-8,16-18H,9-14H2,1-4H3. The molecule has 0 N–H and O–H groups in total. The van der Waals surface area contributed by atoms with E-state index in [2.05, 4.69) is 0 Å². The minimum absolute atomic E-state index is 0.0313. The van der Waals surface area contributed by atoms with Gasteiger partial charge in [0.15, 0.2) is 0 Å². The highest BCUT2D eigenvalue weighted by Gasteiger charge is 2.56. The van der Waals surface area contributed by atoms with Crippen molar-refractivity contribution in [2.24, 2.45) is 23.2 Å². The minimum atomic E-state index is -0.413. The van der Waals surface area contributed by atoms with Gasteiger partial charge in [0.05, 0.1) is 31.4 Å². The van der Waals surface area contributed by atoms with Crippen LogP contribution in [0.1, 0.15) is 65.0 Å². The average molecular weight is 470 g/mol. The molecular formula is C25H31N3O4S. The van der Waals surface area contributed by atoms with E-state index in [9.17, 15) is 14.9 Å². The van der Waals surface area contributed by atoms with E-state index < -0.39 is 11.0 Å². The summed E-state index contributed by atoms with van der Waals surface area (Å²) < 4.78 is 8.01. The van der Waals surface area contributed by atoms with Gasteiger partial charge in [-0.05, 0) is 90.0 Å². The lowest BCUT2D eigenvalue weighted by Crippen LogP contribution is -2.51. The van der Waals surface area contributed by atoms with Gasteiger partial charge in [-0.25, -0.2) is 4.68 Å². The first-order valence-electron chi connectivity index (χ1n) is 11.8. The zero-order chi connectivity index (χ0) is 23.5. The topological polar surface area (TPSA) is 87.3 Å². The Kier molecular flexibility index (Phi) is 5.34. The van der Waals surface area contributed by atoms with Crippen molar-refractivity contribution in [2.75, 3.05) is 0 Å². The van der Waals surface area contributed by atoms with Gasteiger partial charge in [0.1, 0.15) is 0 Å². The van der Waals surface area contributed by atoms with Crippen LogP contribution < -0.4 is 4.74 Å². The molecule has 4 aliphatic rings. The molecule has 0 radical (unpaired) electrons. The molecule has 1 heterocycles. The number of carbonyl (C=O) groups is 1. The van der Waals surface area contributed by atoms with Crippen LogP contribution >= 0.6 is 11.8 Å². The van der Waals surface area contributed by atoms with Crippen LogP contribution in [-0.4, -0.2) is 20.7 Å². The first-order chi connectivity index (χ1) is 15.6. The van der Waals surface area contributed by atoms with Crippen LogP contribution in [0.4, 0.5) is 5.69 Å². The molecule has 8 heteroatoms. The summed E-state index contributed by atoms with van der Waals surface area (Å²) in [5.74, 6) is 2.18. The molecule has 0 saturated heterocycles. The number of aryl methyl sites for hydroxylation is 1. The van der Waals surface area contributed by atoms with Crippen molar-refractivity contribution in [2.45, 2.75) is 81.5 Å². The van der Waals surface area contributed by atoms with E-state index in [0.717, 1.165) is 19.3 Å². The minimum Gasteiger partial charge on any atom is -0.406 e. The SMILES string of the molecule is Cc1nn(C(C)(C)C)c(OC(=O)C23CC4CC(CC(C4)C2)C3)c1Sc1ccccc1[N+](=O)[O-]. The Morgan fingerprint density at radius 3 is 2.27 bits per heavy atom. The fourth-order valence-corrected chi connectivity index (χ4v) is 7.53. The molecular weight excluding hydrogens is 438 g/mol. The lowest BCUT2D eigenvalue weighted by Gasteiger charge is -2.55. The van der Waals surface area contributed by atoms with Crippen molar-refractivity contribution in [3.05, 3.63) is 40.1 Å². The number of carbonyl (C=O) groups excluding carboxylic acids is 1. The van der Waals surface area contributed by atoms with Crippen LogP contribution in [0.3, 0.4) is 0 Å². The number of ether oxygens (including phenoxy) is 1. The van der Waals surface area contributed by atoms with Gasteiger partial charge in [0.25, 0.3) is 5.69 Å². The smallest absolute Gasteiger partial charge is 0.318 e. The fraction of sp³-hybridized carbons (Fsp3) is 0.600. The second-order valence-electron chi connectivity index (χ2n) is 11.2. The monoisotopic (exact) mass is 469 g/mol. The Bertz CT molecular complexity index is 1080. The van der Waals surface area contributed by atoms with Gasteiger partial charge in [0, 0.05) is 6.07 Å². The normalized spacial score (nSPS) is 28.2. The third-order valence-corrected chi connectivity index (χ3v) is 8.77. The maximum Gasteiger partial charge on any atom is 0.318 e. The van der Waals surface area contributed by atoms with Crippen LogP contribution in [-0.2, 0) is 10.3 Å². The highest BCUT2D eigenvalue weighted by molar-refractivity contribution is 7.99. The fourth-order valence-electron chi connectivity index (χ4n) is 6.51. The van der Waals surface area contributed by atoms with Gasteiger partial charge in [-0.3, -0.25) is 14.9 Å². The van der Waals surface area contributed by atoms with Crippen LogP contribution in [0.2, 0.25) is 0 Å². The Morgan fingerprint density at radius 2 is 1.73 bits per heavy atom. The lowest BCUT2D eigenvalue weighted by atomic mass is 9.49. The van der Waals surface area contributed by atoms with Crippen molar-refractivity contribution in [3.8, 4) is 5.88 Å². The number of nitro benzene ring substituents is 1. The molecule has 7 nitrogen and oxygen atoms in total. The first kappa shape index (κ1) is 22.4. The highest BCUT2D eigenvalue weighted by Crippen LogP contribution is 2.60. The Morgan fingerprint density at radius 1 is 1.15 bits per heavy atom. The predicted octanol–water partition coefficient (Wildman–Crippen LogP) is 6.13. The molecule has 4 bridgehead atoms. The van der Waals surface area contributed by atoms with Crippen LogP contribution in [0.15, 0.2) is 34.1 Å². The third-order valence-electron chi connectivity index (χ3n) is 7.54. The maximum atomic E-state index is 13.8.